The van der Waals surface area contributed by atoms with Gasteiger partial charge < -0.3 is 14.1 Å². The quantitative estimate of drug-likeness (QED) is 0.904. The van der Waals surface area contributed by atoms with Crippen LogP contribution in [0.1, 0.15) is 36.9 Å². The third-order valence-corrected chi connectivity index (χ3v) is 3.76. The average Bonchev–Trinajstić information content (AvgIpc) is 3.24. The van der Waals surface area contributed by atoms with Crippen molar-refractivity contribution in [3.05, 3.63) is 35.8 Å². The Morgan fingerprint density at radius 2 is 2.45 bits per heavy atom. The van der Waals surface area contributed by atoms with Crippen molar-refractivity contribution in [3.63, 3.8) is 0 Å². The summed E-state index contributed by atoms with van der Waals surface area (Å²) in [5, 5.41) is 7.06. The molecule has 1 aliphatic heterocycles. The smallest absolute Gasteiger partial charge is 0.223 e. The summed E-state index contributed by atoms with van der Waals surface area (Å²) in [6.07, 6.45) is 3.23. The largest absolute Gasteiger partial charge is 0.469 e. The van der Waals surface area contributed by atoms with Crippen LogP contribution in [-0.2, 0) is 22.4 Å². The van der Waals surface area contributed by atoms with Gasteiger partial charge in [-0.25, -0.2) is 4.98 Å². The highest BCUT2D eigenvalue weighted by Gasteiger charge is 2.27. The molecule has 3 rings (SSSR count). The zero-order chi connectivity index (χ0) is 15.4. The van der Waals surface area contributed by atoms with Gasteiger partial charge >= 0.3 is 0 Å². The third kappa shape index (κ3) is 3.36. The number of furan rings is 1. The van der Waals surface area contributed by atoms with Crippen LogP contribution in [-0.4, -0.2) is 45.7 Å². The molecule has 0 bridgehead atoms. The first-order chi connectivity index (χ1) is 10.8. The van der Waals surface area contributed by atoms with Gasteiger partial charge in [-0.3, -0.25) is 9.89 Å². The van der Waals surface area contributed by atoms with E-state index in [1.165, 1.54) is 0 Å². The van der Waals surface area contributed by atoms with Gasteiger partial charge in [0.25, 0.3) is 0 Å². The molecule has 7 nitrogen and oxygen atoms in total. The van der Waals surface area contributed by atoms with E-state index in [0.29, 0.717) is 38.4 Å². The fraction of sp³-hybridized carbons (Fsp3) is 0.533. The maximum absolute atomic E-state index is 12.3. The molecule has 3 heterocycles. The van der Waals surface area contributed by atoms with E-state index in [0.717, 1.165) is 18.0 Å². The average molecular weight is 304 g/mol. The van der Waals surface area contributed by atoms with Crippen molar-refractivity contribution in [2.75, 3.05) is 19.7 Å². The normalized spacial score (nSPS) is 18.6. The van der Waals surface area contributed by atoms with E-state index < -0.39 is 0 Å². The highest BCUT2D eigenvalue weighted by molar-refractivity contribution is 5.76. The summed E-state index contributed by atoms with van der Waals surface area (Å²) in [6, 6.07) is 3.72. The van der Waals surface area contributed by atoms with Crippen LogP contribution in [0, 0.1) is 0 Å². The molecular weight excluding hydrogens is 284 g/mol. The van der Waals surface area contributed by atoms with E-state index >= 15 is 0 Å². The molecule has 0 spiro atoms. The van der Waals surface area contributed by atoms with Gasteiger partial charge in [0.1, 0.15) is 17.7 Å². The van der Waals surface area contributed by atoms with Crippen LogP contribution in [0.25, 0.3) is 0 Å². The number of aromatic nitrogens is 3. The van der Waals surface area contributed by atoms with Gasteiger partial charge in [0, 0.05) is 25.8 Å². The summed E-state index contributed by atoms with van der Waals surface area (Å²) < 4.78 is 11.0. The van der Waals surface area contributed by atoms with Gasteiger partial charge in [0.15, 0.2) is 5.82 Å². The Bertz CT molecular complexity index is 608. The van der Waals surface area contributed by atoms with Crippen LogP contribution in [0.2, 0.25) is 0 Å². The lowest BCUT2D eigenvalue weighted by Crippen LogP contribution is -2.42. The number of H-pyrrole nitrogens is 1. The Hall–Kier alpha value is -2.15. The van der Waals surface area contributed by atoms with E-state index in [9.17, 15) is 4.79 Å². The van der Waals surface area contributed by atoms with Crippen LogP contribution in [0.4, 0.5) is 0 Å². The predicted molar refractivity (Wildman–Crippen MR) is 78.1 cm³/mol. The molecule has 1 saturated heterocycles. The predicted octanol–water partition coefficient (Wildman–Crippen LogP) is 1.49. The van der Waals surface area contributed by atoms with Crippen molar-refractivity contribution >= 4 is 5.91 Å². The highest BCUT2D eigenvalue weighted by Crippen LogP contribution is 2.20. The SMILES string of the molecule is CCc1nc(C2CN(C(=O)CCc3ccco3)CCO2)n[nH]1. The number of nitrogens with one attached hydrogen (secondary N) is 1. The minimum atomic E-state index is -0.252. The molecule has 0 aliphatic carbocycles. The molecule has 0 saturated carbocycles. The van der Waals surface area contributed by atoms with Crippen molar-refractivity contribution in [2.24, 2.45) is 0 Å². The number of carbonyl (C=O) groups is 1. The molecule has 0 radical (unpaired) electrons. The summed E-state index contributed by atoms with van der Waals surface area (Å²) in [7, 11) is 0. The molecule has 2 aromatic heterocycles. The molecule has 1 atom stereocenters. The van der Waals surface area contributed by atoms with E-state index in [1.807, 2.05) is 24.0 Å². The molecule has 1 aliphatic rings. The zero-order valence-electron chi connectivity index (χ0n) is 12.6. The Morgan fingerprint density at radius 1 is 1.55 bits per heavy atom. The second-order valence-corrected chi connectivity index (χ2v) is 5.27. The first-order valence-electron chi connectivity index (χ1n) is 7.59. The van der Waals surface area contributed by atoms with Gasteiger partial charge in [0.2, 0.25) is 5.91 Å². The maximum Gasteiger partial charge on any atom is 0.223 e. The van der Waals surface area contributed by atoms with Crippen molar-refractivity contribution in [2.45, 2.75) is 32.3 Å². The summed E-state index contributed by atoms with van der Waals surface area (Å²) in [6.45, 7) is 3.63. The molecule has 22 heavy (non-hydrogen) atoms. The number of hydrogen-bond acceptors (Lipinski definition) is 5. The molecule has 1 amide bonds. The van der Waals surface area contributed by atoms with E-state index in [4.69, 9.17) is 9.15 Å². The minimum Gasteiger partial charge on any atom is -0.469 e. The Balaban J connectivity index is 1.56. The third-order valence-electron chi connectivity index (χ3n) is 3.76. The number of ether oxygens (including phenoxy) is 1. The van der Waals surface area contributed by atoms with Gasteiger partial charge in [0.05, 0.1) is 19.4 Å². The van der Waals surface area contributed by atoms with Crippen LogP contribution >= 0.6 is 0 Å². The van der Waals surface area contributed by atoms with Crippen LogP contribution in [0.5, 0.6) is 0 Å². The van der Waals surface area contributed by atoms with Gasteiger partial charge in [-0.15, -0.1) is 0 Å². The fourth-order valence-corrected chi connectivity index (χ4v) is 2.49. The van der Waals surface area contributed by atoms with Crippen molar-refractivity contribution in [1.82, 2.24) is 20.1 Å². The molecular formula is C15H20N4O3. The number of morpholine rings is 1. The topological polar surface area (TPSA) is 84.2 Å². The Kier molecular flexibility index (Phi) is 4.53. The number of nitrogens with zero attached hydrogens (tertiary/aromatic N) is 3. The summed E-state index contributed by atoms with van der Waals surface area (Å²) in [5.41, 5.74) is 0. The van der Waals surface area contributed by atoms with Gasteiger partial charge in [-0.1, -0.05) is 6.92 Å². The zero-order valence-corrected chi connectivity index (χ0v) is 12.6. The van der Waals surface area contributed by atoms with Crippen LogP contribution in [0.15, 0.2) is 22.8 Å². The summed E-state index contributed by atoms with van der Waals surface area (Å²) >= 11 is 0. The Labute approximate surface area is 128 Å². The van der Waals surface area contributed by atoms with Crippen LogP contribution < -0.4 is 0 Å². The van der Waals surface area contributed by atoms with Crippen molar-refractivity contribution in [1.29, 1.82) is 0 Å². The Morgan fingerprint density at radius 3 is 3.18 bits per heavy atom. The maximum atomic E-state index is 12.3. The molecule has 1 N–H and O–H groups in total. The fourth-order valence-electron chi connectivity index (χ4n) is 2.49. The number of carbonyl (C=O) groups excluding carboxylic acids is 1. The van der Waals surface area contributed by atoms with Gasteiger partial charge in [-0.05, 0) is 12.1 Å². The number of amides is 1. The number of aryl methyl sites for hydroxylation is 2. The monoisotopic (exact) mass is 304 g/mol. The molecule has 2 aromatic rings. The second-order valence-electron chi connectivity index (χ2n) is 5.27. The second kappa shape index (κ2) is 6.74. The van der Waals surface area contributed by atoms with E-state index in [1.54, 1.807) is 6.26 Å². The first-order valence-corrected chi connectivity index (χ1v) is 7.59. The molecule has 0 aromatic carbocycles. The van der Waals surface area contributed by atoms with E-state index in [2.05, 4.69) is 15.2 Å². The van der Waals surface area contributed by atoms with Crippen molar-refractivity contribution in [3.8, 4) is 0 Å². The first kappa shape index (κ1) is 14.8. The summed E-state index contributed by atoms with van der Waals surface area (Å²) in [4.78, 5) is 18.5. The van der Waals surface area contributed by atoms with Crippen LogP contribution in [0.3, 0.4) is 0 Å². The van der Waals surface area contributed by atoms with Crippen molar-refractivity contribution < 1.29 is 13.9 Å². The molecule has 1 fully saturated rings. The number of rotatable bonds is 5. The lowest BCUT2D eigenvalue weighted by atomic mass is 10.2. The minimum absolute atomic E-state index is 0.107. The van der Waals surface area contributed by atoms with E-state index in [-0.39, 0.29) is 12.0 Å². The summed E-state index contributed by atoms with van der Waals surface area (Å²) in [5.74, 6) is 2.40. The molecule has 7 heteroatoms. The number of hydrogen-bond donors (Lipinski definition) is 1. The standard InChI is InChI=1S/C15H20N4O3/c1-2-13-16-15(18-17-13)12-10-19(7-9-22-12)14(20)6-5-11-4-3-8-21-11/h3-4,8,12H,2,5-7,9-10H2,1H3,(H,16,17,18). The lowest BCUT2D eigenvalue weighted by molar-refractivity contribution is -0.139. The van der Waals surface area contributed by atoms with Gasteiger partial charge in [-0.2, -0.15) is 5.10 Å². The molecule has 1 unspecified atom stereocenters. The molecule has 118 valence electrons. The highest BCUT2D eigenvalue weighted by atomic mass is 16.5. The number of aromatic amines is 1. The lowest BCUT2D eigenvalue weighted by Gasteiger charge is -2.31.